The van der Waals surface area contributed by atoms with Crippen LogP contribution in [0.5, 0.6) is 5.75 Å². The molecule has 0 unspecified atom stereocenters. The number of ether oxygens (including phenoxy) is 1. The van der Waals surface area contributed by atoms with Crippen LogP contribution in [0.2, 0.25) is 0 Å². The van der Waals surface area contributed by atoms with Crippen LogP contribution < -0.4 is 4.74 Å². The summed E-state index contributed by atoms with van der Waals surface area (Å²) in [6.07, 6.45) is 4.75. The molecule has 1 aromatic heterocycles. The summed E-state index contributed by atoms with van der Waals surface area (Å²) in [5.74, 6) is 1.67. The second-order valence-electron chi connectivity index (χ2n) is 7.22. The Morgan fingerprint density at radius 1 is 1.07 bits per heavy atom. The summed E-state index contributed by atoms with van der Waals surface area (Å²) in [7, 11) is 0. The van der Waals surface area contributed by atoms with Crippen LogP contribution in [0.1, 0.15) is 35.4 Å². The lowest BCUT2D eigenvalue weighted by Gasteiger charge is -2.15. The average Bonchev–Trinajstić information content (AvgIpc) is 3.39. The average molecular weight is 374 g/mol. The normalized spacial score (nSPS) is 15.1. The minimum Gasteiger partial charge on any atom is -0.492 e. The number of benzene rings is 2. The van der Waals surface area contributed by atoms with E-state index in [-0.39, 0.29) is 0 Å². The maximum atomic E-state index is 5.93. The van der Waals surface area contributed by atoms with Gasteiger partial charge in [-0.25, -0.2) is 0 Å². The Kier molecular flexibility index (Phi) is 5.88. The molecular formula is C24H26N2O2. The van der Waals surface area contributed by atoms with Crippen molar-refractivity contribution in [1.82, 2.24) is 10.1 Å². The van der Waals surface area contributed by atoms with Gasteiger partial charge in [0.25, 0.3) is 0 Å². The van der Waals surface area contributed by atoms with Crippen molar-refractivity contribution in [1.29, 1.82) is 0 Å². The molecule has 0 amide bonds. The van der Waals surface area contributed by atoms with Gasteiger partial charge in [0, 0.05) is 18.2 Å². The minimum absolute atomic E-state index is 0.730. The van der Waals surface area contributed by atoms with E-state index in [4.69, 9.17) is 9.26 Å². The molecule has 0 saturated carbocycles. The third-order valence-electron chi connectivity index (χ3n) is 5.04. The maximum Gasteiger partial charge on any atom is 0.167 e. The van der Waals surface area contributed by atoms with Crippen molar-refractivity contribution in [3.63, 3.8) is 0 Å². The number of nitrogens with zero attached hydrogens (tertiary/aromatic N) is 2. The second kappa shape index (κ2) is 8.89. The Morgan fingerprint density at radius 3 is 2.50 bits per heavy atom. The summed E-state index contributed by atoms with van der Waals surface area (Å²) in [5, 5.41) is 4.06. The first-order valence-electron chi connectivity index (χ1n) is 9.94. The van der Waals surface area contributed by atoms with Gasteiger partial charge in [-0.05, 0) is 62.2 Å². The molecule has 3 aromatic rings. The fraction of sp³-hybridized carbons (Fsp3) is 0.292. The molecule has 2 aromatic carbocycles. The van der Waals surface area contributed by atoms with Crippen LogP contribution in [0, 0.1) is 6.92 Å². The van der Waals surface area contributed by atoms with E-state index in [2.05, 4.69) is 40.4 Å². The van der Waals surface area contributed by atoms with E-state index in [1.54, 1.807) is 0 Å². The molecule has 4 nitrogen and oxygen atoms in total. The largest absolute Gasteiger partial charge is 0.492 e. The Hall–Kier alpha value is -2.85. The van der Waals surface area contributed by atoms with Crippen molar-refractivity contribution < 1.29 is 9.26 Å². The molecule has 28 heavy (non-hydrogen) atoms. The monoisotopic (exact) mass is 374 g/mol. The van der Waals surface area contributed by atoms with E-state index in [0.29, 0.717) is 0 Å². The van der Waals surface area contributed by atoms with Gasteiger partial charge in [0.1, 0.15) is 12.4 Å². The van der Waals surface area contributed by atoms with Crippen LogP contribution in [-0.4, -0.2) is 36.3 Å². The molecular weight excluding hydrogens is 348 g/mol. The predicted octanol–water partition coefficient (Wildman–Crippen LogP) is 5.05. The topological polar surface area (TPSA) is 38.5 Å². The first-order valence-corrected chi connectivity index (χ1v) is 9.94. The van der Waals surface area contributed by atoms with Gasteiger partial charge in [-0.2, -0.15) is 0 Å². The molecule has 1 aliphatic rings. The zero-order valence-corrected chi connectivity index (χ0v) is 16.3. The molecule has 0 aliphatic carbocycles. The first kappa shape index (κ1) is 18.5. The van der Waals surface area contributed by atoms with E-state index in [0.717, 1.165) is 47.1 Å². The van der Waals surface area contributed by atoms with Crippen LogP contribution in [0.4, 0.5) is 0 Å². The highest BCUT2D eigenvalue weighted by molar-refractivity contribution is 5.89. The lowest BCUT2D eigenvalue weighted by Crippen LogP contribution is -2.25. The molecule has 0 atom stereocenters. The smallest absolute Gasteiger partial charge is 0.167 e. The number of hydrogen-bond acceptors (Lipinski definition) is 4. The molecule has 4 heteroatoms. The first-order chi connectivity index (χ1) is 13.8. The standard InChI is InChI=1S/C24H26N2O2/c1-19-17-24(28-25-19)23(18-20-7-3-2-4-8-20)21-9-11-22(12-10-21)27-16-15-26-13-5-6-14-26/h2-4,7-12,17-18H,5-6,13-16H2,1H3. The van der Waals surface area contributed by atoms with Gasteiger partial charge < -0.3 is 9.26 Å². The second-order valence-corrected chi connectivity index (χ2v) is 7.22. The van der Waals surface area contributed by atoms with E-state index >= 15 is 0 Å². The SMILES string of the molecule is Cc1cc(C(=Cc2ccccc2)c2ccc(OCCN3CCCC3)cc2)on1. The molecule has 1 saturated heterocycles. The molecule has 144 valence electrons. The van der Waals surface area contributed by atoms with Crippen LogP contribution in [-0.2, 0) is 0 Å². The van der Waals surface area contributed by atoms with E-state index in [9.17, 15) is 0 Å². The zero-order valence-electron chi connectivity index (χ0n) is 16.3. The lowest BCUT2D eigenvalue weighted by atomic mass is 10.00. The van der Waals surface area contributed by atoms with Gasteiger partial charge >= 0.3 is 0 Å². The summed E-state index contributed by atoms with van der Waals surface area (Å²) in [6.45, 7) is 6.06. The number of aryl methyl sites for hydroxylation is 1. The molecule has 0 spiro atoms. The Labute approximate surface area is 166 Å². The Bertz CT molecular complexity index is 907. The highest BCUT2D eigenvalue weighted by atomic mass is 16.5. The Balaban J connectivity index is 1.50. The number of rotatable bonds is 7. The molecule has 4 rings (SSSR count). The summed E-state index contributed by atoms with van der Waals surface area (Å²) >= 11 is 0. The third-order valence-corrected chi connectivity index (χ3v) is 5.04. The van der Waals surface area contributed by atoms with Crippen LogP contribution in [0.25, 0.3) is 11.6 Å². The number of aromatic nitrogens is 1. The molecule has 1 aliphatic heterocycles. The van der Waals surface area contributed by atoms with Gasteiger partial charge in [-0.15, -0.1) is 0 Å². The zero-order chi connectivity index (χ0) is 19.2. The third kappa shape index (κ3) is 4.70. The van der Waals surface area contributed by atoms with Crippen LogP contribution >= 0.6 is 0 Å². The van der Waals surface area contributed by atoms with Crippen LogP contribution in [0.15, 0.2) is 65.2 Å². The Morgan fingerprint density at radius 2 is 1.82 bits per heavy atom. The van der Waals surface area contributed by atoms with Gasteiger partial charge in [-0.3, -0.25) is 4.90 Å². The van der Waals surface area contributed by atoms with E-state index in [1.807, 2.05) is 43.3 Å². The van der Waals surface area contributed by atoms with Crippen molar-refractivity contribution in [2.24, 2.45) is 0 Å². The van der Waals surface area contributed by atoms with Gasteiger partial charge in [0.15, 0.2) is 5.76 Å². The molecule has 0 radical (unpaired) electrons. The van der Waals surface area contributed by atoms with E-state index in [1.165, 1.54) is 25.9 Å². The molecule has 2 heterocycles. The highest BCUT2D eigenvalue weighted by Gasteiger charge is 2.12. The summed E-state index contributed by atoms with van der Waals surface area (Å²) in [6, 6.07) is 20.4. The number of likely N-dealkylation sites (tertiary alicyclic amines) is 1. The fourth-order valence-corrected chi connectivity index (χ4v) is 3.53. The highest BCUT2D eigenvalue weighted by Crippen LogP contribution is 2.28. The quantitative estimate of drug-likeness (QED) is 0.543. The van der Waals surface area contributed by atoms with Crippen molar-refractivity contribution in [2.45, 2.75) is 19.8 Å². The summed E-state index contributed by atoms with van der Waals surface area (Å²) in [5.41, 5.74) is 4.08. The lowest BCUT2D eigenvalue weighted by molar-refractivity contribution is 0.238. The molecule has 0 N–H and O–H groups in total. The minimum atomic E-state index is 0.730. The van der Waals surface area contributed by atoms with Crippen molar-refractivity contribution >= 4 is 11.6 Å². The maximum absolute atomic E-state index is 5.93. The number of hydrogen-bond donors (Lipinski definition) is 0. The molecule has 1 fully saturated rings. The van der Waals surface area contributed by atoms with Gasteiger partial charge in [-0.1, -0.05) is 47.6 Å². The van der Waals surface area contributed by atoms with Crippen LogP contribution in [0.3, 0.4) is 0 Å². The van der Waals surface area contributed by atoms with Crippen molar-refractivity contribution in [3.05, 3.63) is 83.2 Å². The fourth-order valence-electron chi connectivity index (χ4n) is 3.53. The summed E-state index contributed by atoms with van der Waals surface area (Å²) < 4.78 is 11.5. The van der Waals surface area contributed by atoms with Crippen molar-refractivity contribution in [3.8, 4) is 5.75 Å². The molecule has 0 bridgehead atoms. The summed E-state index contributed by atoms with van der Waals surface area (Å²) in [4.78, 5) is 2.46. The van der Waals surface area contributed by atoms with Gasteiger partial charge in [0.05, 0.1) is 5.69 Å². The van der Waals surface area contributed by atoms with Crippen molar-refractivity contribution in [2.75, 3.05) is 26.2 Å². The predicted molar refractivity (Wildman–Crippen MR) is 112 cm³/mol. The van der Waals surface area contributed by atoms with E-state index < -0.39 is 0 Å². The van der Waals surface area contributed by atoms with Gasteiger partial charge in [0.2, 0.25) is 0 Å².